The summed E-state index contributed by atoms with van der Waals surface area (Å²) in [6, 6.07) is -0.523. The predicted octanol–water partition coefficient (Wildman–Crippen LogP) is 4.21. The molecule has 18 heteroatoms. The number of carbonyl (C=O) groups is 1. The molecular formula is C28H29ClF3N11O3. The largest absolute Gasteiger partial charge is 0.467 e. The molecule has 0 unspecified atom stereocenters. The first-order chi connectivity index (χ1) is 21.9. The Kier molecular flexibility index (Phi) is 8.37. The number of carbonyl (C=O) groups excluding carboxylic acids is 1. The van der Waals surface area contributed by atoms with Gasteiger partial charge in [-0.1, -0.05) is 11.6 Å². The van der Waals surface area contributed by atoms with Gasteiger partial charge in [0, 0.05) is 42.4 Å². The SMILES string of the molecule is COc1ncc(-c2cnc(N(C(=O)N3CC(C)(O)C3)C3CCC(Nc4ncc(C(F)(F)F)c(-c5n[nH]cc5Cl)n4)CC3)cn2)cn1. The summed E-state index contributed by atoms with van der Waals surface area (Å²) in [7, 11) is 1.47. The fourth-order valence-corrected chi connectivity index (χ4v) is 5.78. The van der Waals surface area contributed by atoms with Gasteiger partial charge in [-0.2, -0.15) is 18.3 Å². The molecule has 1 aliphatic heterocycles. The first-order valence-electron chi connectivity index (χ1n) is 14.3. The molecule has 1 saturated heterocycles. The van der Waals surface area contributed by atoms with E-state index < -0.39 is 23.0 Å². The number of hydrogen-bond donors (Lipinski definition) is 3. The first-order valence-corrected chi connectivity index (χ1v) is 14.7. The van der Waals surface area contributed by atoms with Crippen LogP contribution in [0.25, 0.3) is 22.6 Å². The second kappa shape index (κ2) is 12.3. The van der Waals surface area contributed by atoms with Gasteiger partial charge in [-0.3, -0.25) is 15.0 Å². The Morgan fingerprint density at radius 2 is 1.78 bits per heavy atom. The lowest BCUT2D eigenvalue weighted by molar-refractivity contribution is -0.137. The zero-order chi connectivity index (χ0) is 32.6. The van der Waals surface area contributed by atoms with Crippen molar-refractivity contribution in [2.45, 2.75) is 56.5 Å². The van der Waals surface area contributed by atoms with Gasteiger partial charge < -0.3 is 20.1 Å². The van der Waals surface area contributed by atoms with Gasteiger partial charge in [0.1, 0.15) is 17.0 Å². The van der Waals surface area contributed by atoms with E-state index in [4.69, 9.17) is 16.3 Å². The van der Waals surface area contributed by atoms with E-state index in [-0.39, 0.29) is 53.9 Å². The molecule has 2 fully saturated rings. The average molecular weight is 660 g/mol. The molecule has 0 atom stereocenters. The molecule has 6 rings (SSSR count). The summed E-state index contributed by atoms with van der Waals surface area (Å²) in [4.78, 5) is 42.1. The number of β-amino-alcohol motifs (C(OH)–C–C–N with tert-alkyl or cyclic N) is 1. The van der Waals surface area contributed by atoms with Crippen LogP contribution < -0.4 is 15.0 Å². The number of rotatable bonds is 7. The van der Waals surface area contributed by atoms with Crippen molar-refractivity contribution in [1.82, 2.24) is 45.0 Å². The minimum absolute atomic E-state index is 0.00223. The van der Waals surface area contributed by atoms with Gasteiger partial charge in [-0.25, -0.2) is 29.7 Å². The summed E-state index contributed by atoms with van der Waals surface area (Å²) in [6.07, 6.45) is 5.64. The number of ether oxygens (including phenoxy) is 1. The number of amides is 2. The summed E-state index contributed by atoms with van der Waals surface area (Å²) < 4.78 is 46.1. The highest BCUT2D eigenvalue weighted by Crippen LogP contribution is 2.38. The van der Waals surface area contributed by atoms with E-state index in [1.54, 1.807) is 29.1 Å². The van der Waals surface area contributed by atoms with Crippen molar-refractivity contribution in [2.75, 3.05) is 30.4 Å². The van der Waals surface area contributed by atoms with Crippen LogP contribution in [0.4, 0.5) is 29.7 Å². The number of hydrogen-bond acceptors (Lipinski definition) is 11. The number of nitrogens with zero attached hydrogens (tertiary/aromatic N) is 9. The molecule has 1 saturated carbocycles. The molecule has 0 radical (unpaired) electrons. The van der Waals surface area contributed by atoms with Gasteiger partial charge >= 0.3 is 18.2 Å². The molecule has 46 heavy (non-hydrogen) atoms. The average Bonchev–Trinajstić information content (AvgIpc) is 3.46. The number of methoxy groups -OCH3 is 1. The molecular weight excluding hydrogens is 631 g/mol. The number of aliphatic hydroxyl groups is 1. The molecule has 2 aliphatic rings. The number of H-pyrrole nitrogens is 1. The van der Waals surface area contributed by atoms with Gasteiger partial charge in [0.15, 0.2) is 5.82 Å². The Morgan fingerprint density at radius 3 is 2.35 bits per heavy atom. The first kappa shape index (κ1) is 31.3. The Morgan fingerprint density at radius 1 is 1.07 bits per heavy atom. The van der Waals surface area contributed by atoms with Crippen LogP contribution in [0, 0.1) is 0 Å². The Hall–Kier alpha value is -4.64. The maximum atomic E-state index is 13.7. The molecule has 3 N–H and O–H groups in total. The van der Waals surface area contributed by atoms with Gasteiger partial charge in [0.05, 0.1) is 48.9 Å². The molecule has 1 aliphatic carbocycles. The topological polar surface area (TPSA) is 171 Å². The minimum Gasteiger partial charge on any atom is -0.467 e. The standard InChI is InChI=1S/C28H29ClF3N11O3/c1-27(45)13-42(14-27)26(44)43(21-12-33-20(11-34-21)15-7-36-25(46-2)37-8-15)17-5-3-16(4-6-17)39-24-35-9-18(28(30,31)32)22(40-24)23-19(29)10-38-41-23/h7-12,16-17,45H,3-6,13-14H2,1-2H3,(H,38,41)(H,35,39,40). The van der Waals surface area contributed by atoms with E-state index >= 15 is 0 Å². The highest BCUT2D eigenvalue weighted by molar-refractivity contribution is 6.32. The molecule has 2 amide bonds. The molecule has 4 aromatic heterocycles. The maximum Gasteiger partial charge on any atom is 0.420 e. The smallest absolute Gasteiger partial charge is 0.420 e. The summed E-state index contributed by atoms with van der Waals surface area (Å²) in [5, 5.41) is 19.7. The van der Waals surface area contributed by atoms with Crippen LogP contribution in [0.1, 0.15) is 38.2 Å². The third-order valence-electron chi connectivity index (χ3n) is 7.84. The van der Waals surface area contributed by atoms with Crippen molar-refractivity contribution in [3.05, 3.63) is 47.8 Å². The van der Waals surface area contributed by atoms with Gasteiger partial charge in [0.2, 0.25) is 5.95 Å². The van der Waals surface area contributed by atoms with Crippen LogP contribution in [0.3, 0.4) is 0 Å². The molecule has 0 aromatic carbocycles. The third kappa shape index (κ3) is 6.50. The van der Waals surface area contributed by atoms with Crippen molar-refractivity contribution in [3.8, 4) is 28.7 Å². The van der Waals surface area contributed by atoms with Gasteiger partial charge in [-0.05, 0) is 32.6 Å². The predicted molar refractivity (Wildman–Crippen MR) is 159 cm³/mol. The molecule has 5 heterocycles. The number of urea groups is 1. The van der Waals surface area contributed by atoms with Gasteiger partial charge in [-0.15, -0.1) is 0 Å². The van der Waals surface area contributed by atoms with Crippen molar-refractivity contribution >= 4 is 29.4 Å². The molecule has 0 bridgehead atoms. The van der Waals surface area contributed by atoms with Crippen LogP contribution in [-0.4, -0.2) is 94.0 Å². The van der Waals surface area contributed by atoms with Crippen molar-refractivity contribution in [2.24, 2.45) is 0 Å². The minimum atomic E-state index is -4.71. The van der Waals surface area contributed by atoms with E-state index in [0.29, 0.717) is 49.0 Å². The maximum absolute atomic E-state index is 13.7. The number of likely N-dealkylation sites (tertiary alicyclic amines) is 1. The van der Waals surface area contributed by atoms with E-state index in [1.165, 1.54) is 25.7 Å². The number of alkyl halides is 3. The highest BCUT2D eigenvalue weighted by Gasteiger charge is 2.44. The summed E-state index contributed by atoms with van der Waals surface area (Å²) >= 11 is 6.05. The van der Waals surface area contributed by atoms with Crippen LogP contribution in [0.15, 0.2) is 37.2 Å². The second-order valence-corrected chi connectivity index (χ2v) is 11.8. The van der Waals surface area contributed by atoms with Crippen molar-refractivity contribution in [3.63, 3.8) is 0 Å². The van der Waals surface area contributed by atoms with Crippen LogP contribution in [0.2, 0.25) is 5.02 Å². The van der Waals surface area contributed by atoms with Gasteiger partial charge in [0.25, 0.3) is 0 Å². The molecule has 14 nitrogen and oxygen atoms in total. The fraction of sp³-hybridized carbons (Fsp3) is 0.429. The van der Waals surface area contributed by atoms with E-state index in [1.807, 2.05) is 0 Å². The molecule has 0 spiro atoms. The van der Waals surface area contributed by atoms with Crippen molar-refractivity contribution in [1.29, 1.82) is 0 Å². The zero-order valence-electron chi connectivity index (χ0n) is 24.7. The Labute approximate surface area is 265 Å². The molecule has 242 valence electrons. The summed E-state index contributed by atoms with van der Waals surface area (Å²) in [6.45, 7) is 2.03. The lowest BCUT2D eigenvalue weighted by Crippen LogP contribution is -2.65. The van der Waals surface area contributed by atoms with Crippen LogP contribution in [-0.2, 0) is 6.18 Å². The van der Waals surface area contributed by atoms with E-state index in [2.05, 4.69) is 45.4 Å². The lowest BCUT2D eigenvalue weighted by Gasteiger charge is -2.47. The summed E-state index contributed by atoms with van der Waals surface area (Å²) in [5.74, 6) is 0.350. The molecule has 4 aromatic rings. The third-order valence-corrected chi connectivity index (χ3v) is 8.13. The van der Waals surface area contributed by atoms with E-state index in [9.17, 15) is 23.1 Å². The quantitative estimate of drug-likeness (QED) is 0.260. The normalized spacial score (nSPS) is 19.3. The second-order valence-electron chi connectivity index (χ2n) is 11.4. The van der Waals surface area contributed by atoms with Crippen LogP contribution in [0.5, 0.6) is 6.01 Å². The number of anilines is 2. The Bertz CT molecular complexity index is 1690. The zero-order valence-corrected chi connectivity index (χ0v) is 25.4. The monoisotopic (exact) mass is 659 g/mol. The Balaban J connectivity index is 1.18. The lowest BCUT2D eigenvalue weighted by atomic mass is 9.90. The van der Waals surface area contributed by atoms with Crippen molar-refractivity contribution < 1.29 is 27.8 Å². The summed E-state index contributed by atoms with van der Waals surface area (Å²) in [5.41, 5.74) is -1.46. The number of halogens is 4. The number of aromatic nitrogens is 8. The highest BCUT2D eigenvalue weighted by atomic mass is 35.5. The van der Waals surface area contributed by atoms with E-state index in [0.717, 1.165) is 0 Å². The fourth-order valence-electron chi connectivity index (χ4n) is 5.60. The van der Waals surface area contributed by atoms with Crippen LogP contribution >= 0.6 is 11.6 Å². The number of aromatic amines is 1. The number of nitrogens with one attached hydrogen (secondary N) is 2.